The molecule has 2 aromatic rings. The van der Waals surface area contributed by atoms with Gasteiger partial charge in [0.15, 0.2) is 0 Å². The maximum atomic E-state index is 12.1. The van der Waals surface area contributed by atoms with E-state index in [0.717, 1.165) is 17.2 Å². The van der Waals surface area contributed by atoms with Crippen LogP contribution in [0.1, 0.15) is 22.9 Å². The average molecular weight is 289 g/mol. The predicted octanol–water partition coefficient (Wildman–Crippen LogP) is 2.60. The lowest BCUT2D eigenvalue weighted by Gasteiger charge is -2.03. The Labute approximate surface area is 121 Å². The van der Waals surface area contributed by atoms with Crippen LogP contribution in [0.3, 0.4) is 0 Å². The molecule has 1 aromatic heterocycles. The maximum Gasteiger partial charge on any atom is 0.229 e. The monoisotopic (exact) mass is 289 g/mol. The summed E-state index contributed by atoms with van der Waals surface area (Å²) in [6, 6.07) is 7.89. The highest BCUT2D eigenvalue weighted by atomic mass is 32.1. The highest BCUT2D eigenvalue weighted by Gasteiger charge is 2.44. The van der Waals surface area contributed by atoms with Crippen molar-refractivity contribution in [2.24, 2.45) is 5.92 Å². The van der Waals surface area contributed by atoms with Gasteiger partial charge in [0.1, 0.15) is 10.8 Å². The van der Waals surface area contributed by atoms with Crippen molar-refractivity contribution in [2.45, 2.75) is 19.3 Å². The lowest BCUT2D eigenvalue weighted by atomic mass is 10.1. The number of anilines is 1. The summed E-state index contributed by atoms with van der Waals surface area (Å²) in [6.07, 6.45) is 0.885. The number of ether oxygens (including phenoxy) is 1. The van der Waals surface area contributed by atoms with Gasteiger partial charge in [-0.25, -0.2) is 0 Å². The summed E-state index contributed by atoms with van der Waals surface area (Å²) >= 11 is 1.39. The van der Waals surface area contributed by atoms with Gasteiger partial charge in [0.2, 0.25) is 11.0 Å². The van der Waals surface area contributed by atoms with Gasteiger partial charge >= 0.3 is 0 Å². The first-order chi connectivity index (χ1) is 9.67. The molecule has 0 saturated heterocycles. The highest BCUT2D eigenvalue weighted by molar-refractivity contribution is 7.15. The Bertz CT molecular complexity index is 624. The molecule has 5 nitrogen and oxygen atoms in total. The molecular weight excluding hydrogens is 274 g/mol. The minimum Gasteiger partial charge on any atom is -0.497 e. The van der Waals surface area contributed by atoms with Gasteiger partial charge in [-0.1, -0.05) is 23.5 Å². The van der Waals surface area contributed by atoms with Crippen molar-refractivity contribution in [3.8, 4) is 5.75 Å². The number of nitrogens with zero attached hydrogens (tertiary/aromatic N) is 2. The van der Waals surface area contributed by atoms with Crippen LogP contribution in [0.2, 0.25) is 0 Å². The van der Waals surface area contributed by atoms with Gasteiger partial charge in [0.05, 0.1) is 7.11 Å². The van der Waals surface area contributed by atoms with Gasteiger partial charge < -0.3 is 10.1 Å². The van der Waals surface area contributed by atoms with E-state index in [9.17, 15) is 4.79 Å². The van der Waals surface area contributed by atoms with Crippen LogP contribution in [0.15, 0.2) is 24.3 Å². The van der Waals surface area contributed by atoms with E-state index in [1.54, 1.807) is 7.11 Å². The first-order valence-electron chi connectivity index (χ1n) is 6.42. The summed E-state index contributed by atoms with van der Waals surface area (Å²) < 4.78 is 5.13. The number of aromatic nitrogens is 2. The van der Waals surface area contributed by atoms with Crippen LogP contribution in [0, 0.1) is 12.8 Å². The molecule has 104 valence electrons. The standard InChI is InChI=1S/C14H15N3O2S/c1-8-16-17-14(20-8)15-13(18)12-7-11(12)9-3-5-10(19-2)6-4-9/h3-6,11-12H,7H2,1-2H3,(H,15,17,18). The molecule has 0 aliphatic heterocycles. The van der Waals surface area contributed by atoms with Gasteiger partial charge in [0.25, 0.3) is 0 Å². The predicted molar refractivity (Wildman–Crippen MR) is 77.1 cm³/mol. The van der Waals surface area contributed by atoms with Crippen molar-refractivity contribution in [2.75, 3.05) is 12.4 Å². The molecule has 1 aliphatic carbocycles. The zero-order valence-corrected chi connectivity index (χ0v) is 12.1. The lowest BCUT2D eigenvalue weighted by molar-refractivity contribution is -0.117. The molecule has 1 saturated carbocycles. The summed E-state index contributed by atoms with van der Waals surface area (Å²) in [5.41, 5.74) is 1.18. The third-order valence-electron chi connectivity index (χ3n) is 3.43. The summed E-state index contributed by atoms with van der Waals surface area (Å²) in [5.74, 6) is 1.20. The van der Waals surface area contributed by atoms with Gasteiger partial charge in [-0.15, -0.1) is 10.2 Å². The Morgan fingerprint density at radius 2 is 2.10 bits per heavy atom. The second kappa shape index (κ2) is 5.20. The van der Waals surface area contributed by atoms with Gasteiger partial charge in [-0.3, -0.25) is 4.79 Å². The van der Waals surface area contributed by atoms with E-state index in [4.69, 9.17) is 4.74 Å². The Hall–Kier alpha value is -1.95. The lowest BCUT2D eigenvalue weighted by Crippen LogP contribution is -2.14. The smallest absolute Gasteiger partial charge is 0.229 e. The molecule has 6 heteroatoms. The molecule has 1 amide bonds. The van der Waals surface area contributed by atoms with E-state index in [1.807, 2.05) is 31.2 Å². The van der Waals surface area contributed by atoms with Crippen molar-refractivity contribution in [3.63, 3.8) is 0 Å². The number of carbonyl (C=O) groups excluding carboxylic acids is 1. The van der Waals surface area contributed by atoms with Crippen LogP contribution in [0.5, 0.6) is 5.75 Å². The highest BCUT2D eigenvalue weighted by Crippen LogP contribution is 2.48. The van der Waals surface area contributed by atoms with Gasteiger partial charge in [-0.05, 0) is 37.0 Å². The first kappa shape index (κ1) is 13.1. The Balaban J connectivity index is 1.61. The fraction of sp³-hybridized carbons (Fsp3) is 0.357. The average Bonchev–Trinajstić information content (AvgIpc) is 3.17. The molecular formula is C14H15N3O2S. The zero-order chi connectivity index (χ0) is 14.1. The number of hydrogen-bond acceptors (Lipinski definition) is 5. The van der Waals surface area contributed by atoms with Crippen LogP contribution in [-0.2, 0) is 4.79 Å². The topological polar surface area (TPSA) is 64.1 Å². The quantitative estimate of drug-likeness (QED) is 0.939. The van der Waals surface area contributed by atoms with Crippen LogP contribution in [0.25, 0.3) is 0 Å². The number of nitrogens with one attached hydrogen (secondary N) is 1. The summed E-state index contributed by atoms with van der Waals surface area (Å²) in [7, 11) is 1.65. The number of aryl methyl sites for hydroxylation is 1. The molecule has 2 atom stereocenters. The molecule has 1 heterocycles. The molecule has 1 N–H and O–H groups in total. The van der Waals surface area contributed by atoms with E-state index in [-0.39, 0.29) is 11.8 Å². The number of benzene rings is 1. The van der Waals surface area contributed by atoms with E-state index in [0.29, 0.717) is 11.0 Å². The van der Waals surface area contributed by atoms with Gasteiger partial charge in [0, 0.05) is 5.92 Å². The van der Waals surface area contributed by atoms with E-state index in [2.05, 4.69) is 15.5 Å². The fourth-order valence-electron chi connectivity index (χ4n) is 2.25. The first-order valence-corrected chi connectivity index (χ1v) is 7.24. The fourth-order valence-corrected chi connectivity index (χ4v) is 2.84. The van der Waals surface area contributed by atoms with Crippen LogP contribution < -0.4 is 10.1 Å². The van der Waals surface area contributed by atoms with Crippen molar-refractivity contribution in [3.05, 3.63) is 34.8 Å². The summed E-state index contributed by atoms with van der Waals surface area (Å²) in [6.45, 7) is 1.87. The third-order valence-corrected chi connectivity index (χ3v) is 4.18. The number of amides is 1. The molecule has 0 radical (unpaired) electrons. The summed E-state index contributed by atoms with van der Waals surface area (Å²) in [5, 5.41) is 12.0. The molecule has 1 aliphatic rings. The second-order valence-corrected chi connectivity index (χ2v) is 6.02. The number of hydrogen-bond donors (Lipinski definition) is 1. The number of carbonyl (C=O) groups is 1. The van der Waals surface area contributed by atoms with Crippen molar-refractivity contribution in [1.82, 2.24) is 10.2 Å². The third kappa shape index (κ3) is 2.65. The molecule has 2 unspecified atom stereocenters. The minimum atomic E-state index is 0.0296. The molecule has 1 aromatic carbocycles. The second-order valence-electron chi connectivity index (χ2n) is 4.84. The summed E-state index contributed by atoms with van der Waals surface area (Å²) in [4.78, 5) is 12.1. The van der Waals surface area contributed by atoms with E-state index >= 15 is 0 Å². The largest absolute Gasteiger partial charge is 0.497 e. The van der Waals surface area contributed by atoms with Crippen molar-refractivity contribution in [1.29, 1.82) is 0 Å². The maximum absolute atomic E-state index is 12.1. The zero-order valence-electron chi connectivity index (χ0n) is 11.3. The number of rotatable bonds is 4. The Kier molecular flexibility index (Phi) is 3.40. The Morgan fingerprint density at radius 3 is 2.70 bits per heavy atom. The molecule has 3 rings (SSSR count). The molecule has 20 heavy (non-hydrogen) atoms. The van der Waals surface area contributed by atoms with Crippen LogP contribution >= 0.6 is 11.3 Å². The minimum absolute atomic E-state index is 0.0296. The van der Waals surface area contributed by atoms with Crippen molar-refractivity contribution >= 4 is 22.4 Å². The SMILES string of the molecule is COc1ccc(C2CC2C(=O)Nc2nnc(C)s2)cc1. The van der Waals surface area contributed by atoms with Crippen LogP contribution in [-0.4, -0.2) is 23.2 Å². The van der Waals surface area contributed by atoms with Gasteiger partial charge in [-0.2, -0.15) is 0 Å². The molecule has 0 spiro atoms. The molecule has 0 bridgehead atoms. The van der Waals surface area contributed by atoms with E-state index in [1.165, 1.54) is 16.9 Å². The van der Waals surface area contributed by atoms with E-state index < -0.39 is 0 Å². The van der Waals surface area contributed by atoms with Crippen LogP contribution in [0.4, 0.5) is 5.13 Å². The Morgan fingerprint density at radius 1 is 1.35 bits per heavy atom. The molecule has 1 fully saturated rings. The van der Waals surface area contributed by atoms with Crippen molar-refractivity contribution < 1.29 is 9.53 Å². The normalized spacial score (nSPS) is 20.5. The number of methoxy groups -OCH3 is 1.